The molecule has 2 rings (SSSR count). The van der Waals surface area contributed by atoms with Gasteiger partial charge in [-0.1, -0.05) is 30.3 Å². The summed E-state index contributed by atoms with van der Waals surface area (Å²) in [5.74, 6) is -2.31. The van der Waals surface area contributed by atoms with Crippen molar-refractivity contribution in [3.8, 4) is 0 Å². The number of halogens is 2. The number of nitrogens with one attached hydrogen (secondary N) is 1. The molecule has 0 aliphatic heterocycles. The number of carbonyl (C=O) groups is 1. The number of carboxylic acid groups (broad SMARTS) is 1. The van der Waals surface area contributed by atoms with Crippen LogP contribution in [-0.2, 0) is 17.8 Å². The molecule has 104 valence electrons. The Bertz CT molecular complexity index is 609. The van der Waals surface area contributed by atoms with E-state index in [0.717, 1.165) is 12.1 Å². The molecule has 0 atom stereocenters. The van der Waals surface area contributed by atoms with Crippen LogP contribution in [0.15, 0.2) is 42.5 Å². The average molecular weight is 277 g/mol. The molecule has 0 saturated heterocycles. The smallest absolute Gasteiger partial charge is 0.307 e. The molecule has 0 unspecified atom stereocenters. The van der Waals surface area contributed by atoms with Gasteiger partial charge >= 0.3 is 5.97 Å². The van der Waals surface area contributed by atoms with Crippen LogP contribution >= 0.6 is 0 Å². The van der Waals surface area contributed by atoms with E-state index in [1.54, 1.807) is 24.3 Å². The van der Waals surface area contributed by atoms with Crippen LogP contribution in [0.1, 0.15) is 11.1 Å². The average Bonchev–Trinajstić information content (AvgIpc) is 2.39. The zero-order chi connectivity index (χ0) is 14.5. The van der Waals surface area contributed by atoms with Gasteiger partial charge in [-0.3, -0.25) is 4.79 Å². The molecule has 0 aliphatic carbocycles. The highest BCUT2D eigenvalue weighted by Crippen LogP contribution is 2.20. The molecule has 0 aromatic heterocycles. The Morgan fingerprint density at radius 3 is 2.20 bits per heavy atom. The van der Waals surface area contributed by atoms with Gasteiger partial charge in [0.1, 0.15) is 17.3 Å². The summed E-state index contributed by atoms with van der Waals surface area (Å²) in [6.07, 6.45) is -0.127. The Labute approximate surface area is 114 Å². The van der Waals surface area contributed by atoms with Crippen LogP contribution in [0.2, 0.25) is 0 Å². The molecule has 0 radical (unpaired) electrons. The summed E-state index contributed by atoms with van der Waals surface area (Å²) >= 11 is 0. The van der Waals surface area contributed by atoms with Crippen molar-refractivity contribution < 1.29 is 18.7 Å². The van der Waals surface area contributed by atoms with Gasteiger partial charge in [-0.05, 0) is 23.3 Å². The largest absolute Gasteiger partial charge is 0.481 e. The predicted octanol–water partition coefficient (Wildman–Crippen LogP) is 3.20. The van der Waals surface area contributed by atoms with Crippen LogP contribution in [0.5, 0.6) is 0 Å². The van der Waals surface area contributed by atoms with Crippen molar-refractivity contribution in [3.05, 3.63) is 65.2 Å². The van der Waals surface area contributed by atoms with Crippen molar-refractivity contribution >= 4 is 11.7 Å². The molecule has 0 amide bonds. The van der Waals surface area contributed by atoms with E-state index in [-0.39, 0.29) is 18.7 Å². The highest BCUT2D eigenvalue weighted by atomic mass is 19.1. The second-order valence-electron chi connectivity index (χ2n) is 4.29. The zero-order valence-corrected chi connectivity index (χ0v) is 10.6. The number of hydrogen-bond acceptors (Lipinski definition) is 2. The fourth-order valence-electron chi connectivity index (χ4n) is 1.92. The third-order valence-corrected chi connectivity index (χ3v) is 2.88. The number of aliphatic carboxylic acids is 1. The predicted molar refractivity (Wildman–Crippen MR) is 71.5 cm³/mol. The molecule has 0 aliphatic rings. The van der Waals surface area contributed by atoms with Gasteiger partial charge in [-0.15, -0.1) is 0 Å². The van der Waals surface area contributed by atoms with Gasteiger partial charge in [0.25, 0.3) is 0 Å². The van der Waals surface area contributed by atoms with E-state index in [1.807, 2.05) is 0 Å². The van der Waals surface area contributed by atoms with Crippen molar-refractivity contribution in [2.24, 2.45) is 0 Å². The minimum atomic E-state index is -0.950. The first-order valence-electron chi connectivity index (χ1n) is 6.04. The van der Waals surface area contributed by atoms with Gasteiger partial charge in [-0.2, -0.15) is 0 Å². The molecule has 0 heterocycles. The molecule has 2 aromatic rings. The summed E-state index contributed by atoms with van der Waals surface area (Å²) in [5, 5.41) is 11.5. The lowest BCUT2D eigenvalue weighted by Crippen LogP contribution is -2.08. The fraction of sp³-hybridized carbons (Fsp3) is 0.133. The van der Waals surface area contributed by atoms with Crippen molar-refractivity contribution in [2.75, 3.05) is 5.32 Å². The van der Waals surface area contributed by atoms with E-state index in [9.17, 15) is 13.6 Å². The number of anilines is 1. The van der Waals surface area contributed by atoms with E-state index >= 15 is 0 Å². The monoisotopic (exact) mass is 277 g/mol. The second-order valence-corrected chi connectivity index (χ2v) is 4.29. The van der Waals surface area contributed by atoms with Crippen LogP contribution in [0.25, 0.3) is 0 Å². The van der Waals surface area contributed by atoms with E-state index in [0.29, 0.717) is 11.1 Å². The number of carboxylic acids is 1. The first-order valence-corrected chi connectivity index (χ1v) is 6.04. The van der Waals surface area contributed by atoms with Gasteiger partial charge < -0.3 is 10.4 Å². The standard InChI is InChI=1S/C15H13F2NO2/c16-12-6-3-7-13(17)15(12)18-9-11-5-2-1-4-10(11)8-14(19)20/h1-7,18H,8-9H2,(H,19,20). The summed E-state index contributed by atoms with van der Waals surface area (Å²) in [6, 6.07) is 10.5. The Morgan fingerprint density at radius 2 is 1.60 bits per heavy atom. The highest BCUT2D eigenvalue weighted by molar-refractivity contribution is 5.70. The summed E-state index contributed by atoms with van der Waals surface area (Å²) < 4.78 is 26.9. The Morgan fingerprint density at radius 1 is 1.00 bits per heavy atom. The number of hydrogen-bond donors (Lipinski definition) is 2. The van der Waals surface area contributed by atoms with Crippen LogP contribution < -0.4 is 5.32 Å². The van der Waals surface area contributed by atoms with Crippen molar-refractivity contribution in [1.29, 1.82) is 0 Å². The van der Waals surface area contributed by atoms with E-state index in [4.69, 9.17) is 5.11 Å². The number of benzene rings is 2. The lowest BCUT2D eigenvalue weighted by atomic mass is 10.0. The molecule has 0 spiro atoms. The fourth-order valence-corrected chi connectivity index (χ4v) is 1.92. The normalized spacial score (nSPS) is 10.3. The Hall–Kier alpha value is -2.43. The molecule has 3 nitrogen and oxygen atoms in total. The molecule has 0 bridgehead atoms. The molecular weight excluding hydrogens is 264 g/mol. The summed E-state index contributed by atoms with van der Waals surface area (Å²) in [6.45, 7) is 0.154. The molecule has 2 N–H and O–H groups in total. The van der Waals surface area contributed by atoms with Crippen LogP contribution in [-0.4, -0.2) is 11.1 Å². The quantitative estimate of drug-likeness (QED) is 0.882. The topological polar surface area (TPSA) is 49.3 Å². The van der Waals surface area contributed by atoms with E-state index < -0.39 is 17.6 Å². The highest BCUT2D eigenvalue weighted by Gasteiger charge is 2.10. The van der Waals surface area contributed by atoms with Gasteiger partial charge in [0.2, 0.25) is 0 Å². The molecule has 20 heavy (non-hydrogen) atoms. The van der Waals surface area contributed by atoms with Crippen molar-refractivity contribution in [3.63, 3.8) is 0 Å². The molecule has 5 heteroatoms. The third kappa shape index (κ3) is 3.32. The first-order chi connectivity index (χ1) is 9.58. The van der Waals surface area contributed by atoms with Crippen LogP contribution in [0.3, 0.4) is 0 Å². The minimum Gasteiger partial charge on any atom is -0.481 e. The lowest BCUT2D eigenvalue weighted by Gasteiger charge is -2.11. The maximum absolute atomic E-state index is 13.5. The summed E-state index contributed by atoms with van der Waals surface area (Å²) in [7, 11) is 0. The van der Waals surface area contributed by atoms with Crippen LogP contribution in [0.4, 0.5) is 14.5 Å². The van der Waals surface area contributed by atoms with Crippen molar-refractivity contribution in [2.45, 2.75) is 13.0 Å². The number of para-hydroxylation sites is 1. The minimum absolute atomic E-state index is 0.127. The number of rotatable bonds is 5. The Balaban J connectivity index is 2.17. The Kier molecular flexibility index (Phi) is 4.30. The molecule has 2 aromatic carbocycles. The first kappa shape index (κ1) is 14.0. The van der Waals surface area contributed by atoms with Gasteiger partial charge in [0.05, 0.1) is 6.42 Å². The SMILES string of the molecule is O=C(O)Cc1ccccc1CNc1c(F)cccc1F. The third-order valence-electron chi connectivity index (χ3n) is 2.88. The maximum atomic E-state index is 13.5. The summed E-state index contributed by atoms with van der Waals surface area (Å²) in [5.41, 5.74) is 1.10. The molecule has 0 saturated carbocycles. The van der Waals surface area contributed by atoms with E-state index in [2.05, 4.69) is 5.32 Å². The van der Waals surface area contributed by atoms with E-state index in [1.165, 1.54) is 6.07 Å². The van der Waals surface area contributed by atoms with Gasteiger partial charge in [0, 0.05) is 6.54 Å². The van der Waals surface area contributed by atoms with Crippen molar-refractivity contribution in [1.82, 2.24) is 0 Å². The second kappa shape index (κ2) is 6.14. The molecular formula is C15H13F2NO2. The summed E-state index contributed by atoms with van der Waals surface area (Å²) in [4.78, 5) is 10.8. The lowest BCUT2D eigenvalue weighted by molar-refractivity contribution is -0.136. The van der Waals surface area contributed by atoms with Gasteiger partial charge in [0.15, 0.2) is 0 Å². The maximum Gasteiger partial charge on any atom is 0.307 e. The van der Waals surface area contributed by atoms with Gasteiger partial charge in [-0.25, -0.2) is 8.78 Å². The van der Waals surface area contributed by atoms with Crippen LogP contribution in [0, 0.1) is 11.6 Å². The molecule has 0 fully saturated rings. The zero-order valence-electron chi connectivity index (χ0n) is 10.6.